The molecule has 3 heteroatoms. The molecule has 2 aromatic carbocycles. The van der Waals surface area contributed by atoms with E-state index in [1.165, 1.54) is 39.1 Å². The number of halogens is 1. The van der Waals surface area contributed by atoms with Gasteiger partial charge in [-0.25, -0.2) is 0 Å². The molecule has 1 heterocycles. The molecule has 0 saturated heterocycles. The van der Waals surface area contributed by atoms with Gasteiger partial charge in [0.1, 0.15) is 5.70 Å². The van der Waals surface area contributed by atoms with Gasteiger partial charge in [-0.1, -0.05) is 91.8 Å². The van der Waals surface area contributed by atoms with E-state index in [0.29, 0.717) is 23.7 Å². The molecule has 0 atom stereocenters. The number of hydrogen-bond acceptors (Lipinski definition) is 1. The van der Waals surface area contributed by atoms with Gasteiger partial charge in [-0.2, -0.15) is 4.99 Å². The third-order valence-corrected chi connectivity index (χ3v) is 5.95. The van der Waals surface area contributed by atoms with Crippen LogP contribution in [0.1, 0.15) is 112 Å². The van der Waals surface area contributed by atoms with Gasteiger partial charge in [0.15, 0.2) is 12.0 Å². The molecule has 2 nitrogen and oxygen atoms in total. The molecular weight excluding hydrogens is 388 g/mol. The molecule has 0 amide bonds. The zero-order valence-corrected chi connectivity index (χ0v) is 20.5. The summed E-state index contributed by atoms with van der Waals surface area (Å²) < 4.78 is 0. The highest BCUT2D eigenvalue weighted by Gasteiger charge is 2.29. The summed E-state index contributed by atoms with van der Waals surface area (Å²) >= 11 is 0. The predicted octanol–water partition coefficient (Wildman–Crippen LogP) is 3.62. The third-order valence-electron chi connectivity index (χ3n) is 5.95. The topological polar surface area (TPSA) is 29.0 Å². The largest absolute Gasteiger partial charge is 1.00 e. The van der Waals surface area contributed by atoms with Crippen LogP contribution in [-0.2, 0) is 0 Å². The normalized spacial score (nSPS) is 13.9. The van der Waals surface area contributed by atoms with Gasteiger partial charge in [-0.05, 0) is 45.9 Å². The number of nitrogens with two attached hydrogens (primary N) is 1. The number of hydrogen-bond donors (Lipinski definition) is 1. The van der Waals surface area contributed by atoms with Crippen molar-refractivity contribution in [1.29, 1.82) is 0 Å². The van der Waals surface area contributed by atoms with Crippen LogP contribution in [0.3, 0.4) is 0 Å². The van der Waals surface area contributed by atoms with E-state index < -0.39 is 0 Å². The summed E-state index contributed by atoms with van der Waals surface area (Å²) in [7, 11) is 0. The Balaban J connectivity index is 0.00000320. The Morgan fingerprint density at radius 1 is 0.600 bits per heavy atom. The maximum absolute atomic E-state index is 4.95. The molecule has 1 aliphatic rings. The molecule has 0 saturated carbocycles. The zero-order chi connectivity index (χ0) is 21.3. The minimum atomic E-state index is 0. The van der Waals surface area contributed by atoms with Crippen molar-refractivity contribution in [2.75, 3.05) is 0 Å². The number of rotatable bonds is 6. The highest BCUT2D eigenvalue weighted by molar-refractivity contribution is 5.95. The number of benzene rings is 2. The minimum absolute atomic E-state index is 0. The fourth-order valence-electron chi connectivity index (χ4n) is 4.42. The van der Waals surface area contributed by atoms with Crippen molar-refractivity contribution in [2.24, 2.45) is 4.99 Å². The molecule has 0 radical (unpaired) electrons. The first-order valence-electron chi connectivity index (χ1n) is 11.1. The third kappa shape index (κ3) is 4.55. The van der Waals surface area contributed by atoms with E-state index in [1.807, 2.05) is 6.34 Å². The Morgan fingerprint density at radius 2 is 0.967 bits per heavy atom. The highest BCUT2D eigenvalue weighted by atomic mass is 35.5. The van der Waals surface area contributed by atoms with Crippen molar-refractivity contribution in [3.05, 3.63) is 69.8 Å². The van der Waals surface area contributed by atoms with E-state index in [1.54, 1.807) is 0 Å². The average Bonchev–Trinajstić information content (AvgIpc) is 3.15. The molecule has 1 aliphatic heterocycles. The van der Waals surface area contributed by atoms with Crippen LogP contribution in [0.4, 0.5) is 0 Å². The standard InChI is InChI=1S/C27H36N2.ClH/c1-16(2)20-11-9-12-21(17(3)4)24(20)26-27(29-15-28-26)25-22(18(5)6)13-10-14-23(25)19(7)8;/h9-19H,1-8H3,(H,28,29);1H. The average molecular weight is 425 g/mol. The monoisotopic (exact) mass is 424 g/mol. The van der Waals surface area contributed by atoms with E-state index in [9.17, 15) is 0 Å². The fraction of sp³-hybridized carbons (Fsp3) is 0.444. The molecule has 0 aliphatic carbocycles. The first-order valence-corrected chi connectivity index (χ1v) is 11.1. The van der Waals surface area contributed by atoms with E-state index in [4.69, 9.17) is 4.99 Å². The lowest BCUT2D eigenvalue weighted by Gasteiger charge is -2.22. The molecule has 0 unspecified atom stereocenters. The van der Waals surface area contributed by atoms with Crippen LogP contribution in [0.5, 0.6) is 0 Å². The van der Waals surface area contributed by atoms with Crippen molar-refractivity contribution in [1.82, 2.24) is 0 Å². The molecule has 2 N–H and O–H groups in total. The van der Waals surface area contributed by atoms with Gasteiger partial charge >= 0.3 is 0 Å². The summed E-state index contributed by atoms with van der Waals surface area (Å²) in [5.41, 5.74) is 10.8. The van der Waals surface area contributed by atoms with Crippen LogP contribution in [0.2, 0.25) is 0 Å². The fourth-order valence-corrected chi connectivity index (χ4v) is 4.42. The Hall–Kier alpha value is -1.90. The second-order valence-electron chi connectivity index (χ2n) is 9.45. The van der Waals surface area contributed by atoms with Gasteiger partial charge in [0.25, 0.3) is 0 Å². The summed E-state index contributed by atoms with van der Waals surface area (Å²) in [5, 5.41) is 2.23. The van der Waals surface area contributed by atoms with E-state index >= 15 is 0 Å². The number of quaternary nitrogens is 1. The molecule has 3 rings (SSSR count). The van der Waals surface area contributed by atoms with Crippen molar-refractivity contribution < 1.29 is 17.7 Å². The smallest absolute Gasteiger partial charge is 0.192 e. The summed E-state index contributed by atoms with van der Waals surface area (Å²) in [4.78, 5) is 4.95. The van der Waals surface area contributed by atoms with Crippen LogP contribution in [0.15, 0.2) is 41.4 Å². The second kappa shape index (κ2) is 9.94. The lowest BCUT2D eigenvalue weighted by Crippen LogP contribution is -3.00. The second-order valence-corrected chi connectivity index (χ2v) is 9.45. The predicted molar refractivity (Wildman–Crippen MR) is 126 cm³/mol. The molecule has 0 spiro atoms. The van der Waals surface area contributed by atoms with Crippen molar-refractivity contribution in [3.63, 3.8) is 0 Å². The van der Waals surface area contributed by atoms with E-state index in [2.05, 4.69) is 97.1 Å². The summed E-state index contributed by atoms with van der Waals surface area (Å²) in [5.74, 6) is 1.85. The Morgan fingerprint density at radius 3 is 1.33 bits per heavy atom. The molecular formula is C27H37ClN2. The zero-order valence-electron chi connectivity index (χ0n) is 19.8. The van der Waals surface area contributed by atoms with Crippen molar-refractivity contribution >= 4 is 17.7 Å². The molecule has 0 fully saturated rings. The van der Waals surface area contributed by atoms with Crippen LogP contribution >= 0.6 is 0 Å². The van der Waals surface area contributed by atoms with Gasteiger partial charge in [0.05, 0.1) is 0 Å². The lowest BCUT2D eigenvalue weighted by molar-refractivity contribution is -0.419. The number of nitrogens with zero attached hydrogens (tertiary/aromatic N) is 1. The quantitative estimate of drug-likeness (QED) is 0.733. The van der Waals surface area contributed by atoms with Crippen LogP contribution < -0.4 is 17.7 Å². The van der Waals surface area contributed by atoms with Crippen LogP contribution in [0.25, 0.3) is 11.4 Å². The Kier molecular flexibility index (Phi) is 8.07. The molecule has 30 heavy (non-hydrogen) atoms. The highest BCUT2D eigenvalue weighted by Crippen LogP contribution is 2.39. The molecule has 0 aromatic heterocycles. The first-order chi connectivity index (χ1) is 13.7. The van der Waals surface area contributed by atoms with Gasteiger partial charge < -0.3 is 12.4 Å². The number of aliphatic imine (C=N–C) groups is 1. The van der Waals surface area contributed by atoms with Gasteiger partial charge in [-0.3, -0.25) is 5.32 Å². The Labute approximate surface area is 189 Å². The van der Waals surface area contributed by atoms with Gasteiger partial charge in [0, 0.05) is 11.1 Å². The lowest BCUT2D eigenvalue weighted by atomic mass is 9.83. The Bertz CT molecular complexity index is 897. The van der Waals surface area contributed by atoms with E-state index in [0.717, 1.165) is 5.70 Å². The molecule has 162 valence electrons. The molecule has 0 bridgehead atoms. The van der Waals surface area contributed by atoms with Crippen LogP contribution in [0, 0.1) is 0 Å². The summed E-state index contributed by atoms with van der Waals surface area (Å²) in [6.07, 6.45) is 1.99. The maximum Gasteiger partial charge on any atom is 0.192 e. The van der Waals surface area contributed by atoms with Crippen molar-refractivity contribution in [3.8, 4) is 0 Å². The van der Waals surface area contributed by atoms with Gasteiger partial charge in [-0.15, -0.1) is 0 Å². The minimum Gasteiger partial charge on any atom is -1.00 e. The first kappa shape index (κ1) is 24.4. The SMILES string of the molecule is CC(C)c1cccc(C(C)C)c1C1=C(c2c(C(C)C)cccc2C(C)C)[NH2+]C=N1.[Cl-]. The van der Waals surface area contributed by atoms with Gasteiger partial charge in [0.2, 0.25) is 0 Å². The maximum atomic E-state index is 4.95. The summed E-state index contributed by atoms with van der Waals surface area (Å²) in [6.45, 7) is 18.3. The van der Waals surface area contributed by atoms with Crippen LogP contribution in [-0.4, -0.2) is 6.34 Å². The van der Waals surface area contributed by atoms with Crippen molar-refractivity contribution in [2.45, 2.75) is 79.1 Å². The van der Waals surface area contributed by atoms with E-state index in [-0.39, 0.29) is 12.4 Å². The summed E-state index contributed by atoms with van der Waals surface area (Å²) in [6, 6.07) is 13.6. The molecule has 2 aromatic rings.